The Labute approximate surface area is 157 Å². The third-order valence-electron chi connectivity index (χ3n) is 4.37. The average Bonchev–Trinajstić information content (AvgIpc) is 2.52. The number of carbonyl (C=O) groups excluding carboxylic acids is 1. The Hall–Kier alpha value is -0.413. The first-order chi connectivity index (χ1) is 11.6. The molecule has 0 heterocycles. The van der Waals surface area contributed by atoms with Gasteiger partial charge in [0.15, 0.2) is 5.12 Å². The van der Waals surface area contributed by atoms with Gasteiger partial charge in [0, 0.05) is 25.7 Å². The molecule has 0 radical (unpaired) electrons. The number of hydrogen-bond donors (Lipinski definition) is 1. The number of carboxylic acids is 1. The zero-order valence-corrected chi connectivity index (χ0v) is 18.4. The van der Waals surface area contributed by atoms with Crippen molar-refractivity contribution in [2.24, 2.45) is 17.3 Å². The van der Waals surface area contributed by atoms with Gasteiger partial charge in [0.2, 0.25) is 0 Å². The van der Waals surface area contributed by atoms with Crippen molar-refractivity contribution in [3.05, 3.63) is 0 Å². The summed E-state index contributed by atoms with van der Waals surface area (Å²) in [5.74, 6) is -2.27. The van der Waals surface area contributed by atoms with Crippen LogP contribution in [0.25, 0.3) is 0 Å². The SMILES string of the molecule is CCO[Si](CSC(=O)C(C)C(C(=O)O)C(C)(C)CC)(OCC)OCC. The highest BCUT2D eigenvalue weighted by molar-refractivity contribution is 8.14. The number of hydrogen-bond acceptors (Lipinski definition) is 6. The van der Waals surface area contributed by atoms with Crippen LogP contribution in [0.5, 0.6) is 0 Å². The first-order valence-corrected chi connectivity index (χ1v) is 11.8. The number of carboxylic acid groups (broad SMARTS) is 1. The summed E-state index contributed by atoms with van der Waals surface area (Å²) in [6, 6.07) is 0. The van der Waals surface area contributed by atoms with E-state index in [1.807, 2.05) is 41.5 Å². The molecule has 2 unspecified atom stereocenters. The smallest absolute Gasteiger partial charge is 0.481 e. The summed E-state index contributed by atoms with van der Waals surface area (Å²) in [5, 5.41) is 9.75. The van der Waals surface area contributed by atoms with Gasteiger partial charge in [0.05, 0.1) is 11.3 Å². The van der Waals surface area contributed by atoms with Crippen molar-refractivity contribution in [1.29, 1.82) is 0 Å². The van der Waals surface area contributed by atoms with Gasteiger partial charge in [-0.05, 0) is 26.2 Å². The molecular weight excluding hydrogens is 360 g/mol. The van der Waals surface area contributed by atoms with Crippen LogP contribution in [0.15, 0.2) is 0 Å². The van der Waals surface area contributed by atoms with E-state index in [2.05, 4.69) is 0 Å². The van der Waals surface area contributed by atoms with Gasteiger partial charge in [0.25, 0.3) is 0 Å². The first kappa shape index (κ1) is 24.6. The van der Waals surface area contributed by atoms with Crippen molar-refractivity contribution in [2.75, 3.05) is 25.2 Å². The lowest BCUT2D eigenvalue weighted by molar-refractivity contribution is -0.150. The van der Waals surface area contributed by atoms with Gasteiger partial charge in [0.1, 0.15) is 0 Å². The maximum absolute atomic E-state index is 12.7. The third-order valence-corrected chi connectivity index (χ3v) is 9.21. The van der Waals surface area contributed by atoms with Gasteiger partial charge in [-0.1, -0.05) is 45.9 Å². The predicted octanol–water partition coefficient (Wildman–Crippen LogP) is 3.61. The molecule has 2 atom stereocenters. The topological polar surface area (TPSA) is 82.1 Å². The molecule has 1 N–H and O–H groups in total. The van der Waals surface area contributed by atoms with Gasteiger partial charge < -0.3 is 18.4 Å². The van der Waals surface area contributed by atoms with E-state index < -0.39 is 32.0 Å². The fourth-order valence-electron chi connectivity index (χ4n) is 2.78. The summed E-state index contributed by atoms with van der Waals surface area (Å²) >= 11 is 1.07. The lowest BCUT2D eigenvalue weighted by Gasteiger charge is -2.34. The molecular formula is C17H34O6SSi. The van der Waals surface area contributed by atoms with Crippen LogP contribution < -0.4 is 0 Å². The molecule has 0 amide bonds. The standard InChI is InChI=1S/C17H34O6SSi/c1-8-17(6,7)14(15(18)19)13(5)16(20)24-12-25(21-9-2,22-10-3)23-11-4/h13-14H,8-12H2,1-7H3,(H,18,19). The fraction of sp³-hybridized carbons (Fsp3) is 0.882. The van der Waals surface area contributed by atoms with Crippen molar-refractivity contribution < 1.29 is 28.0 Å². The summed E-state index contributed by atoms with van der Waals surface area (Å²) in [6.45, 7) is 14.3. The second-order valence-corrected chi connectivity index (χ2v) is 10.6. The predicted molar refractivity (Wildman–Crippen MR) is 102 cm³/mol. The van der Waals surface area contributed by atoms with Crippen molar-refractivity contribution in [1.82, 2.24) is 0 Å². The minimum atomic E-state index is -2.93. The largest absolute Gasteiger partial charge is 0.511 e. The van der Waals surface area contributed by atoms with Gasteiger partial charge >= 0.3 is 14.8 Å². The van der Waals surface area contributed by atoms with Crippen LogP contribution in [0.2, 0.25) is 0 Å². The molecule has 6 nitrogen and oxygen atoms in total. The molecule has 0 rings (SSSR count). The average molecular weight is 395 g/mol. The van der Waals surface area contributed by atoms with Crippen LogP contribution in [0.1, 0.15) is 54.9 Å². The molecule has 0 fully saturated rings. The third kappa shape index (κ3) is 7.38. The van der Waals surface area contributed by atoms with Crippen LogP contribution in [-0.4, -0.2) is 50.2 Å². The summed E-state index contributed by atoms with van der Waals surface area (Å²) in [7, 11) is -2.93. The van der Waals surface area contributed by atoms with E-state index in [-0.39, 0.29) is 5.12 Å². The van der Waals surface area contributed by atoms with Crippen molar-refractivity contribution in [2.45, 2.75) is 54.9 Å². The Bertz CT molecular complexity index is 412. The van der Waals surface area contributed by atoms with Crippen LogP contribution >= 0.6 is 11.8 Å². The van der Waals surface area contributed by atoms with E-state index in [1.54, 1.807) is 6.92 Å². The maximum atomic E-state index is 12.7. The van der Waals surface area contributed by atoms with E-state index in [1.165, 1.54) is 0 Å². The normalized spacial score (nSPS) is 15.0. The molecule has 8 heteroatoms. The van der Waals surface area contributed by atoms with Crippen LogP contribution in [0.4, 0.5) is 0 Å². The molecule has 148 valence electrons. The van der Waals surface area contributed by atoms with Gasteiger partial charge in [-0.25, -0.2) is 0 Å². The van der Waals surface area contributed by atoms with Crippen LogP contribution in [0, 0.1) is 17.3 Å². The zero-order valence-electron chi connectivity index (χ0n) is 16.6. The number of rotatable bonds is 13. The lowest BCUT2D eigenvalue weighted by atomic mass is 9.71. The molecule has 0 aromatic rings. The minimum Gasteiger partial charge on any atom is -0.481 e. The molecule has 0 saturated heterocycles. The molecule has 0 aliphatic rings. The van der Waals surface area contributed by atoms with E-state index in [4.69, 9.17) is 13.3 Å². The molecule has 0 spiro atoms. The maximum Gasteiger partial charge on any atom is 0.511 e. The van der Waals surface area contributed by atoms with Crippen molar-refractivity contribution >= 4 is 31.7 Å². The number of aliphatic carboxylic acids is 1. The molecule has 25 heavy (non-hydrogen) atoms. The lowest BCUT2D eigenvalue weighted by Crippen LogP contribution is -2.49. The quantitative estimate of drug-likeness (QED) is 0.478. The Morgan fingerprint density at radius 3 is 1.80 bits per heavy atom. The Balaban J connectivity index is 5.17. The molecule has 0 aliphatic heterocycles. The highest BCUT2D eigenvalue weighted by atomic mass is 32.2. The molecule has 0 aromatic heterocycles. The van der Waals surface area contributed by atoms with E-state index in [0.717, 1.165) is 11.8 Å². The van der Waals surface area contributed by atoms with Crippen molar-refractivity contribution in [3.63, 3.8) is 0 Å². The highest BCUT2D eigenvalue weighted by Gasteiger charge is 2.44. The Kier molecular flexibility index (Phi) is 11.1. The summed E-state index contributed by atoms with van der Waals surface area (Å²) in [6.07, 6.45) is 0.682. The first-order valence-electron chi connectivity index (χ1n) is 8.92. The minimum absolute atomic E-state index is 0.162. The molecule has 0 aromatic carbocycles. The molecule has 0 bridgehead atoms. The second-order valence-electron chi connectivity index (χ2n) is 6.54. The number of thioether (sulfide) groups is 1. The Morgan fingerprint density at radius 1 is 1.04 bits per heavy atom. The number of carbonyl (C=O) groups is 2. The molecule has 0 aliphatic carbocycles. The highest BCUT2D eigenvalue weighted by Crippen LogP contribution is 2.38. The fourth-order valence-corrected chi connectivity index (χ4v) is 7.03. The van der Waals surface area contributed by atoms with Crippen LogP contribution in [0.3, 0.4) is 0 Å². The van der Waals surface area contributed by atoms with Gasteiger partial charge in [-0.3, -0.25) is 9.59 Å². The summed E-state index contributed by atoms with van der Waals surface area (Å²) in [4.78, 5) is 24.4. The van der Waals surface area contributed by atoms with E-state index in [9.17, 15) is 14.7 Å². The van der Waals surface area contributed by atoms with E-state index >= 15 is 0 Å². The van der Waals surface area contributed by atoms with Crippen LogP contribution in [-0.2, 0) is 22.9 Å². The zero-order chi connectivity index (χ0) is 19.7. The monoisotopic (exact) mass is 394 g/mol. The summed E-state index contributed by atoms with van der Waals surface area (Å²) in [5.41, 5.74) is -0.463. The van der Waals surface area contributed by atoms with Gasteiger partial charge in [-0.15, -0.1) is 0 Å². The van der Waals surface area contributed by atoms with Gasteiger partial charge in [-0.2, -0.15) is 0 Å². The van der Waals surface area contributed by atoms with E-state index in [0.29, 0.717) is 31.6 Å². The Morgan fingerprint density at radius 2 is 1.48 bits per heavy atom. The second kappa shape index (κ2) is 11.3. The van der Waals surface area contributed by atoms with Crippen molar-refractivity contribution in [3.8, 4) is 0 Å². The molecule has 0 saturated carbocycles. The summed E-state index contributed by atoms with van der Waals surface area (Å²) < 4.78 is 17.2.